The zero-order valence-corrected chi connectivity index (χ0v) is 19.7. The van der Waals surface area contributed by atoms with Gasteiger partial charge in [0.05, 0.1) is 17.9 Å². The Bertz CT molecular complexity index is 866. The van der Waals surface area contributed by atoms with Crippen molar-refractivity contribution in [2.45, 2.75) is 69.2 Å². The molecule has 1 aliphatic rings. The Balaban J connectivity index is 1.86. The van der Waals surface area contributed by atoms with Crippen molar-refractivity contribution in [3.63, 3.8) is 0 Å². The first-order valence-corrected chi connectivity index (χ1v) is 12.4. The van der Waals surface area contributed by atoms with E-state index in [9.17, 15) is 18.0 Å². The molecule has 0 saturated heterocycles. The average molecular weight is 470 g/mol. The minimum Gasteiger partial charge on any atom is -0.466 e. The normalized spacial score (nSPS) is 14.8. The number of sulfonamides is 1. The van der Waals surface area contributed by atoms with Crippen molar-refractivity contribution >= 4 is 44.9 Å². The molecule has 0 unspecified atom stereocenters. The molecule has 10 heteroatoms. The highest BCUT2D eigenvalue weighted by atomic mass is 32.2. The second-order valence-corrected chi connectivity index (χ2v) is 9.97. The highest BCUT2D eigenvalue weighted by molar-refractivity contribution is 7.89. The molecule has 31 heavy (non-hydrogen) atoms. The number of anilines is 1. The molecule has 1 aliphatic carbocycles. The lowest BCUT2D eigenvalue weighted by Gasteiger charge is -2.30. The fourth-order valence-corrected chi connectivity index (χ4v) is 5.02. The lowest BCUT2D eigenvalue weighted by Crippen LogP contribution is -2.38. The van der Waals surface area contributed by atoms with Gasteiger partial charge in [-0.05, 0) is 55.7 Å². The largest absolute Gasteiger partial charge is 0.466 e. The molecule has 0 atom stereocenters. The third kappa shape index (κ3) is 7.86. The Morgan fingerprint density at radius 3 is 2.39 bits per heavy atom. The summed E-state index contributed by atoms with van der Waals surface area (Å²) >= 11 is 5.11. The van der Waals surface area contributed by atoms with E-state index in [1.54, 1.807) is 19.2 Å². The molecule has 8 nitrogen and oxygen atoms in total. The number of nitrogens with zero attached hydrogens (tertiary/aromatic N) is 1. The summed E-state index contributed by atoms with van der Waals surface area (Å²) < 4.78 is 32.2. The molecule has 0 spiro atoms. The van der Waals surface area contributed by atoms with E-state index in [1.807, 2.05) is 6.92 Å². The number of carbonyl (C=O) groups is 2. The summed E-state index contributed by atoms with van der Waals surface area (Å²) in [5.74, 6) is -0.829. The maximum absolute atomic E-state index is 12.9. The summed E-state index contributed by atoms with van der Waals surface area (Å²) in [7, 11) is -1.93. The lowest BCUT2D eigenvalue weighted by atomic mass is 9.96. The minimum absolute atomic E-state index is 0.0183. The van der Waals surface area contributed by atoms with Crippen LogP contribution >= 0.6 is 12.2 Å². The molecular weight excluding hydrogens is 438 g/mol. The van der Waals surface area contributed by atoms with E-state index >= 15 is 0 Å². The summed E-state index contributed by atoms with van der Waals surface area (Å²) in [5, 5.41) is 5.41. The van der Waals surface area contributed by atoms with Gasteiger partial charge < -0.3 is 15.4 Å². The van der Waals surface area contributed by atoms with Crippen molar-refractivity contribution in [3.05, 3.63) is 24.3 Å². The maximum atomic E-state index is 12.9. The fourth-order valence-electron chi connectivity index (χ4n) is 3.37. The molecule has 0 aromatic heterocycles. The number of rotatable bonds is 9. The molecule has 2 N–H and O–H groups in total. The Hall–Kier alpha value is -2.04. The van der Waals surface area contributed by atoms with Crippen molar-refractivity contribution < 1.29 is 22.7 Å². The zero-order valence-electron chi connectivity index (χ0n) is 18.1. The minimum atomic E-state index is -3.57. The van der Waals surface area contributed by atoms with Gasteiger partial charge in [0.2, 0.25) is 15.9 Å². The molecule has 1 saturated carbocycles. The second kappa shape index (κ2) is 12.1. The predicted molar refractivity (Wildman–Crippen MR) is 123 cm³/mol. The van der Waals surface area contributed by atoms with Gasteiger partial charge in [0.15, 0.2) is 5.11 Å². The number of thiocarbonyl (C=S) groups is 1. The SMILES string of the molecule is CCCOC(=O)CCC(=O)NC(=S)Nc1ccc(S(=O)(=O)N(C)C2CCCCC2)cc1. The van der Waals surface area contributed by atoms with Crippen LogP contribution in [0.15, 0.2) is 29.2 Å². The summed E-state index contributed by atoms with van der Waals surface area (Å²) in [4.78, 5) is 23.6. The molecule has 1 aromatic carbocycles. The second-order valence-electron chi connectivity index (χ2n) is 7.56. The molecule has 0 aliphatic heterocycles. The van der Waals surface area contributed by atoms with E-state index in [0.717, 1.165) is 38.5 Å². The predicted octanol–water partition coefficient (Wildman–Crippen LogP) is 3.19. The quantitative estimate of drug-likeness (QED) is 0.423. The summed E-state index contributed by atoms with van der Waals surface area (Å²) in [6.45, 7) is 2.23. The molecule has 0 bridgehead atoms. The van der Waals surface area contributed by atoms with Crippen molar-refractivity contribution in [2.24, 2.45) is 0 Å². The number of carbonyl (C=O) groups excluding carboxylic acids is 2. The van der Waals surface area contributed by atoms with Crippen molar-refractivity contribution in [2.75, 3.05) is 19.0 Å². The highest BCUT2D eigenvalue weighted by Crippen LogP contribution is 2.26. The van der Waals surface area contributed by atoms with Gasteiger partial charge in [-0.2, -0.15) is 4.31 Å². The Labute approximate surface area is 189 Å². The monoisotopic (exact) mass is 469 g/mol. The fraction of sp³-hybridized carbons (Fsp3) is 0.571. The van der Waals surface area contributed by atoms with Crippen LogP contribution < -0.4 is 10.6 Å². The Kier molecular flexibility index (Phi) is 9.86. The van der Waals surface area contributed by atoms with Crippen LogP contribution in [0.1, 0.15) is 58.3 Å². The average Bonchev–Trinajstić information content (AvgIpc) is 2.76. The van der Waals surface area contributed by atoms with Gasteiger partial charge in [0.1, 0.15) is 0 Å². The highest BCUT2D eigenvalue weighted by Gasteiger charge is 2.28. The maximum Gasteiger partial charge on any atom is 0.306 e. The van der Waals surface area contributed by atoms with Crippen LogP contribution in [0.3, 0.4) is 0 Å². The van der Waals surface area contributed by atoms with Gasteiger partial charge in [-0.25, -0.2) is 8.42 Å². The first-order chi connectivity index (χ1) is 14.7. The number of hydrogen-bond donors (Lipinski definition) is 2. The van der Waals surface area contributed by atoms with E-state index in [1.165, 1.54) is 16.4 Å². The van der Waals surface area contributed by atoms with Crippen LogP contribution in [0, 0.1) is 0 Å². The standard InChI is InChI=1S/C21H31N3O5S2/c1-3-15-29-20(26)14-13-19(25)23-21(30)22-16-9-11-18(12-10-16)31(27,28)24(2)17-7-5-4-6-8-17/h9-12,17H,3-8,13-15H2,1-2H3,(H2,22,23,25,30). The number of ether oxygens (including phenoxy) is 1. The molecule has 2 rings (SSSR count). The zero-order chi connectivity index (χ0) is 22.9. The Morgan fingerprint density at radius 2 is 1.77 bits per heavy atom. The first kappa shape index (κ1) is 25.2. The van der Waals surface area contributed by atoms with Gasteiger partial charge in [-0.15, -0.1) is 0 Å². The number of esters is 1. The molecule has 1 aromatic rings. The van der Waals surface area contributed by atoms with Crippen LogP contribution in [0.5, 0.6) is 0 Å². The number of benzene rings is 1. The van der Waals surface area contributed by atoms with Crippen molar-refractivity contribution in [1.29, 1.82) is 0 Å². The molecule has 1 amide bonds. The smallest absolute Gasteiger partial charge is 0.306 e. The number of nitrogens with one attached hydrogen (secondary N) is 2. The van der Waals surface area contributed by atoms with Gasteiger partial charge in [-0.1, -0.05) is 26.2 Å². The van der Waals surface area contributed by atoms with Crippen LogP contribution in [0.2, 0.25) is 0 Å². The van der Waals surface area contributed by atoms with E-state index < -0.39 is 21.9 Å². The Morgan fingerprint density at radius 1 is 1.13 bits per heavy atom. The van der Waals surface area contributed by atoms with E-state index in [2.05, 4.69) is 10.6 Å². The van der Waals surface area contributed by atoms with Crippen molar-refractivity contribution in [1.82, 2.24) is 9.62 Å². The molecule has 0 heterocycles. The van der Waals surface area contributed by atoms with Gasteiger partial charge >= 0.3 is 5.97 Å². The summed E-state index contributed by atoms with van der Waals surface area (Å²) in [6.07, 6.45) is 5.71. The molecular formula is C21H31N3O5S2. The molecule has 0 radical (unpaired) electrons. The van der Waals surface area contributed by atoms with Gasteiger partial charge in [0, 0.05) is 25.2 Å². The number of amides is 1. The first-order valence-electron chi connectivity index (χ1n) is 10.6. The number of hydrogen-bond acceptors (Lipinski definition) is 6. The lowest BCUT2D eigenvalue weighted by molar-refractivity contribution is -0.144. The third-order valence-corrected chi connectivity index (χ3v) is 7.28. The van der Waals surface area contributed by atoms with E-state index in [0.29, 0.717) is 12.3 Å². The van der Waals surface area contributed by atoms with E-state index in [-0.39, 0.29) is 28.9 Å². The van der Waals surface area contributed by atoms with E-state index in [4.69, 9.17) is 17.0 Å². The summed E-state index contributed by atoms with van der Waals surface area (Å²) in [5.41, 5.74) is 0.548. The molecule has 1 fully saturated rings. The third-order valence-electron chi connectivity index (χ3n) is 5.15. The van der Waals surface area contributed by atoms with Crippen LogP contribution in [-0.4, -0.2) is 49.4 Å². The van der Waals surface area contributed by atoms with Gasteiger partial charge in [-0.3, -0.25) is 9.59 Å². The van der Waals surface area contributed by atoms with Crippen molar-refractivity contribution in [3.8, 4) is 0 Å². The summed E-state index contributed by atoms with van der Waals surface area (Å²) in [6, 6.07) is 6.28. The van der Waals surface area contributed by atoms with Gasteiger partial charge in [0.25, 0.3) is 0 Å². The molecule has 172 valence electrons. The van der Waals surface area contributed by atoms with Crippen LogP contribution in [0.25, 0.3) is 0 Å². The van der Waals surface area contributed by atoms with Crippen LogP contribution in [-0.2, 0) is 24.3 Å². The van der Waals surface area contributed by atoms with Crippen LogP contribution in [0.4, 0.5) is 5.69 Å². The topological polar surface area (TPSA) is 105 Å².